The molecular weight excluding hydrogens is 272 g/mol. The van der Waals surface area contributed by atoms with Crippen LogP contribution in [0.1, 0.15) is 5.56 Å². The molecule has 0 N–H and O–H groups in total. The number of nitrogens with zero attached hydrogens (tertiary/aromatic N) is 4. The van der Waals surface area contributed by atoms with E-state index in [1.165, 1.54) is 0 Å². The Morgan fingerprint density at radius 2 is 1.91 bits per heavy atom. The van der Waals surface area contributed by atoms with Gasteiger partial charge >= 0.3 is 0 Å². The number of piperazine rings is 1. The lowest BCUT2D eigenvalue weighted by Crippen LogP contribution is -2.45. The normalized spacial score (nSPS) is 14.2. The second kappa shape index (κ2) is 6.77. The monoisotopic (exact) mass is 290 g/mol. The van der Waals surface area contributed by atoms with Crippen molar-refractivity contribution in [3.8, 4) is 11.8 Å². The van der Waals surface area contributed by atoms with Gasteiger partial charge in [0.15, 0.2) is 0 Å². The smallest absolute Gasteiger partial charge is 0.128 e. The Balaban J connectivity index is 1.58. The van der Waals surface area contributed by atoms with E-state index in [4.69, 9.17) is 0 Å². The lowest BCUT2D eigenvalue weighted by Gasteiger charge is -2.36. The van der Waals surface area contributed by atoms with E-state index < -0.39 is 0 Å². The zero-order chi connectivity index (χ0) is 15.2. The van der Waals surface area contributed by atoms with Gasteiger partial charge in [0.05, 0.1) is 5.70 Å². The number of rotatable bonds is 2. The van der Waals surface area contributed by atoms with Gasteiger partial charge in [0.25, 0.3) is 0 Å². The average molecular weight is 290 g/mol. The molecule has 1 aliphatic rings. The van der Waals surface area contributed by atoms with Gasteiger partial charge in [-0.25, -0.2) is 4.98 Å². The molecule has 0 atom stereocenters. The second-order valence-electron chi connectivity index (χ2n) is 5.10. The van der Waals surface area contributed by atoms with Crippen molar-refractivity contribution in [2.24, 2.45) is 0 Å². The molecule has 1 saturated heterocycles. The minimum absolute atomic E-state index is 0.865. The van der Waals surface area contributed by atoms with Gasteiger partial charge in [-0.1, -0.05) is 18.6 Å². The molecule has 0 unspecified atom stereocenters. The fourth-order valence-corrected chi connectivity index (χ4v) is 2.41. The van der Waals surface area contributed by atoms with Crippen LogP contribution in [0.15, 0.2) is 61.2 Å². The standard InChI is InChI=1S/C18H18N4/c1-16(7-8-17-5-4-9-19-15-17)21-11-13-22(14-12-21)18-6-2-3-10-20-18/h2-6,9-10,15H,1,11-14H2. The number of aromatic nitrogens is 2. The molecule has 110 valence electrons. The molecule has 0 spiro atoms. The van der Waals surface area contributed by atoms with E-state index >= 15 is 0 Å². The maximum Gasteiger partial charge on any atom is 0.128 e. The van der Waals surface area contributed by atoms with E-state index in [-0.39, 0.29) is 0 Å². The molecule has 0 aliphatic carbocycles. The van der Waals surface area contributed by atoms with Crippen molar-refractivity contribution in [2.75, 3.05) is 31.1 Å². The summed E-state index contributed by atoms with van der Waals surface area (Å²) >= 11 is 0. The minimum Gasteiger partial charge on any atom is -0.362 e. The molecule has 1 aliphatic heterocycles. The Labute approximate surface area is 131 Å². The first-order valence-electron chi connectivity index (χ1n) is 7.35. The van der Waals surface area contributed by atoms with E-state index in [2.05, 4.69) is 38.2 Å². The first kappa shape index (κ1) is 14.2. The summed E-state index contributed by atoms with van der Waals surface area (Å²) in [5, 5.41) is 0. The summed E-state index contributed by atoms with van der Waals surface area (Å²) in [6.07, 6.45) is 5.34. The number of hydrogen-bond donors (Lipinski definition) is 0. The number of allylic oxidation sites excluding steroid dienone is 1. The van der Waals surface area contributed by atoms with Crippen molar-refractivity contribution >= 4 is 5.82 Å². The summed E-state index contributed by atoms with van der Waals surface area (Å²) in [6, 6.07) is 9.85. The molecule has 0 saturated carbocycles. The number of hydrogen-bond acceptors (Lipinski definition) is 4. The van der Waals surface area contributed by atoms with E-state index in [0.29, 0.717) is 0 Å². The van der Waals surface area contributed by atoms with Crippen molar-refractivity contribution in [1.29, 1.82) is 0 Å². The van der Waals surface area contributed by atoms with Crippen molar-refractivity contribution in [3.63, 3.8) is 0 Å². The van der Waals surface area contributed by atoms with Gasteiger partial charge in [-0.05, 0) is 30.2 Å². The molecule has 1 fully saturated rings. The quantitative estimate of drug-likeness (QED) is 0.794. The maximum absolute atomic E-state index is 4.40. The second-order valence-corrected chi connectivity index (χ2v) is 5.10. The third-order valence-electron chi connectivity index (χ3n) is 3.65. The van der Waals surface area contributed by atoms with Crippen LogP contribution in [0, 0.1) is 11.8 Å². The van der Waals surface area contributed by atoms with Crippen LogP contribution >= 0.6 is 0 Å². The molecule has 0 amide bonds. The number of anilines is 1. The van der Waals surface area contributed by atoms with Gasteiger partial charge in [-0.3, -0.25) is 4.98 Å². The van der Waals surface area contributed by atoms with Crippen LogP contribution in [-0.2, 0) is 0 Å². The van der Waals surface area contributed by atoms with E-state index in [1.807, 2.05) is 36.5 Å². The summed E-state index contributed by atoms with van der Waals surface area (Å²) in [5.41, 5.74) is 1.78. The molecule has 0 radical (unpaired) electrons. The zero-order valence-corrected chi connectivity index (χ0v) is 12.4. The molecule has 3 heterocycles. The van der Waals surface area contributed by atoms with E-state index in [1.54, 1.807) is 12.4 Å². The summed E-state index contributed by atoms with van der Waals surface area (Å²) in [6.45, 7) is 7.79. The lowest BCUT2D eigenvalue weighted by molar-refractivity contribution is 0.333. The van der Waals surface area contributed by atoms with Gasteiger partial charge in [0.2, 0.25) is 0 Å². The van der Waals surface area contributed by atoms with E-state index in [0.717, 1.165) is 43.3 Å². The van der Waals surface area contributed by atoms with Crippen molar-refractivity contribution in [3.05, 3.63) is 66.8 Å². The molecular formula is C18H18N4. The Bertz CT molecular complexity index is 677. The molecule has 2 aromatic heterocycles. The molecule has 3 rings (SSSR count). The van der Waals surface area contributed by atoms with Crippen molar-refractivity contribution in [2.45, 2.75) is 0 Å². The summed E-state index contributed by atoms with van der Waals surface area (Å²) in [7, 11) is 0. The predicted octanol–water partition coefficient (Wildman–Crippen LogP) is 2.16. The Hall–Kier alpha value is -2.80. The van der Waals surface area contributed by atoms with Crippen LogP contribution in [0.25, 0.3) is 0 Å². The van der Waals surface area contributed by atoms with Crippen LogP contribution in [0.2, 0.25) is 0 Å². The molecule has 2 aromatic rings. The van der Waals surface area contributed by atoms with E-state index in [9.17, 15) is 0 Å². The number of pyridine rings is 2. The highest BCUT2D eigenvalue weighted by Crippen LogP contribution is 2.14. The minimum atomic E-state index is 0.865. The van der Waals surface area contributed by atoms with Crippen LogP contribution in [0.3, 0.4) is 0 Å². The first-order valence-corrected chi connectivity index (χ1v) is 7.35. The SMILES string of the molecule is C=C(C#Cc1cccnc1)N1CCN(c2ccccn2)CC1. The first-order chi connectivity index (χ1) is 10.8. The lowest BCUT2D eigenvalue weighted by atomic mass is 10.2. The third-order valence-corrected chi connectivity index (χ3v) is 3.65. The zero-order valence-electron chi connectivity index (χ0n) is 12.4. The maximum atomic E-state index is 4.40. The Morgan fingerprint density at radius 1 is 1.05 bits per heavy atom. The van der Waals surface area contributed by atoms with Crippen LogP contribution < -0.4 is 4.90 Å². The topological polar surface area (TPSA) is 32.3 Å². The summed E-state index contributed by atoms with van der Waals surface area (Å²) < 4.78 is 0. The largest absolute Gasteiger partial charge is 0.362 e. The third kappa shape index (κ3) is 3.44. The van der Waals surface area contributed by atoms with Crippen LogP contribution in [0.4, 0.5) is 5.82 Å². The predicted molar refractivity (Wildman–Crippen MR) is 88.3 cm³/mol. The fraction of sp³-hybridized carbons (Fsp3) is 0.222. The van der Waals surface area contributed by atoms with Gasteiger partial charge in [-0.15, -0.1) is 0 Å². The van der Waals surface area contributed by atoms with Gasteiger partial charge in [-0.2, -0.15) is 0 Å². The highest BCUT2D eigenvalue weighted by molar-refractivity contribution is 5.40. The molecule has 4 nitrogen and oxygen atoms in total. The molecule has 4 heteroatoms. The van der Waals surface area contributed by atoms with Gasteiger partial charge < -0.3 is 9.80 Å². The highest BCUT2D eigenvalue weighted by atomic mass is 15.3. The molecule has 22 heavy (non-hydrogen) atoms. The average Bonchev–Trinajstić information content (AvgIpc) is 2.61. The van der Waals surface area contributed by atoms with Crippen molar-refractivity contribution < 1.29 is 0 Å². The molecule has 0 bridgehead atoms. The van der Waals surface area contributed by atoms with Gasteiger partial charge in [0, 0.05) is 50.3 Å². The van der Waals surface area contributed by atoms with Crippen LogP contribution in [-0.4, -0.2) is 41.0 Å². The highest BCUT2D eigenvalue weighted by Gasteiger charge is 2.17. The Kier molecular flexibility index (Phi) is 4.35. The summed E-state index contributed by atoms with van der Waals surface area (Å²) in [4.78, 5) is 13.0. The molecule has 0 aromatic carbocycles. The fourth-order valence-electron chi connectivity index (χ4n) is 2.41. The summed E-state index contributed by atoms with van der Waals surface area (Å²) in [5.74, 6) is 7.27. The van der Waals surface area contributed by atoms with Crippen LogP contribution in [0.5, 0.6) is 0 Å². The Morgan fingerprint density at radius 3 is 2.59 bits per heavy atom. The van der Waals surface area contributed by atoms with Crippen molar-refractivity contribution in [1.82, 2.24) is 14.9 Å². The van der Waals surface area contributed by atoms with Gasteiger partial charge in [0.1, 0.15) is 5.82 Å².